The highest BCUT2D eigenvalue weighted by atomic mass is 35.5. The van der Waals surface area contributed by atoms with Crippen molar-refractivity contribution in [3.63, 3.8) is 0 Å². The molecule has 0 saturated heterocycles. The van der Waals surface area contributed by atoms with E-state index < -0.39 is 0 Å². The van der Waals surface area contributed by atoms with E-state index in [0.29, 0.717) is 5.88 Å². The predicted molar refractivity (Wildman–Crippen MR) is 89.8 cm³/mol. The number of thiazole rings is 1. The molecule has 2 heterocycles. The maximum atomic E-state index is 6.13. The molecule has 0 atom stereocenters. The van der Waals surface area contributed by atoms with Crippen LogP contribution in [-0.2, 0) is 5.88 Å². The molecule has 21 heavy (non-hydrogen) atoms. The fraction of sp³-hybridized carbons (Fsp3) is 0.176. The molecule has 2 aromatic heterocycles. The van der Waals surface area contributed by atoms with E-state index in [4.69, 9.17) is 16.6 Å². The van der Waals surface area contributed by atoms with Gasteiger partial charge in [0.15, 0.2) is 0 Å². The van der Waals surface area contributed by atoms with E-state index in [1.165, 1.54) is 11.1 Å². The van der Waals surface area contributed by atoms with Crippen molar-refractivity contribution in [3.05, 3.63) is 58.7 Å². The van der Waals surface area contributed by atoms with Crippen LogP contribution in [0.15, 0.2) is 42.7 Å². The highest BCUT2D eigenvalue weighted by Crippen LogP contribution is 2.36. The van der Waals surface area contributed by atoms with Gasteiger partial charge in [-0.2, -0.15) is 0 Å². The summed E-state index contributed by atoms with van der Waals surface area (Å²) in [4.78, 5) is 10.1. The van der Waals surface area contributed by atoms with Crippen LogP contribution in [0.3, 0.4) is 0 Å². The first-order valence-electron chi connectivity index (χ1n) is 6.72. The van der Waals surface area contributed by atoms with Crippen molar-refractivity contribution >= 4 is 22.9 Å². The predicted octanol–water partition coefficient (Wildman–Crippen LogP) is 5.23. The molecule has 1 aromatic carbocycles. The number of hydrogen-bond acceptors (Lipinski definition) is 3. The van der Waals surface area contributed by atoms with Crippen molar-refractivity contribution in [1.82, 2.24) is 9.97 Å². The van der Waals surface area contributed by atoms with Gasteiger partial charge in [0.25, 0.3) is 0 Å². The standard InChI is InChI=1S/C17H15ClN2S/c1-11-5-6-12(2)14(8-11)16-15(9-18)21-17(20-16)13-4-3-7-19-10-13/h3-8,10H,9H2,1-2H3. The molecular formula is C17H15ClN2S. The fourth-order valence-electron chi connectivity index (χ4n) is 2.26. The lowest BCUT2D eigenvalue weighted by Gasteiger charge is -2.05. The number of nitrogens with zero attached hydrogens (tertiary/aromatic N) is 2. The second-order valence-electron chi connectivity index (χ2n) is 4.98. The van der Waals surface area contributed by atoms with Gasteiger partial charge >= 0.3 is 0 Å². The highest BCUT2D eigenvalue weighted by molar-refractivity contribution is 7.15. The molecule has 0 aliphatic heterocycles. The Morgan fingerprint density at radius 3 is 2.76 bits per heavy atom. The minimum Gasteiger partial charge on any atom is -0.264 e. The van der Waals surface area contributed by atoms with Crippen LogP contribution in [0.5, 0.6) is 0 Å². The number of alkyl halides is 1. The molecule has 0 bridgehead atoms. The van der Waals surface area contributed by atoms with Crippen LogP contribution in [0.4, 0.5) is 0 Å². The Bertz CT molecular complexity index is 766. The number of aromatic nitrogens is 2. The van der Waals surface area contributed by atoms with Crippen LogP contribution in [0.25, 0.3) is 21.8 Å². The minimum absolute atomic E-state index is 0.473. The van der Waals surface area contributed by atoms with E-state index in [9.17, 15) is 0 Å². The first-order valence-corrected chi connectivity index (χ1v) is 8.08. The zero-order chi connectivity index (χ0) is 14.8. The number of benzene rings is 1. The van der Waals surface area contributed by atoms with Gasteiger partial charge in [-0.05, 0) is 37.6 Å². The summed E-state index contributed by atoms with van der Waals surface area (Å²) in [5, 5.41) is 0.967. The lowest BCUT2D eigenvalue weighted by atomic mass is 10.0. The van der Waals surface area contributed by atoms with Gasteiger partial charge in [0.2, 0.25) is 0 Å². The summed E-state index contributed by atoms with van der Waals surface area (Å²) in [5.41, 5.74) is 5.64. The normalized spacial score (nSPS) is 10.8. The second-order valence-corrected chi connectivity index (χ2v) is 6.34. The molecule has 0 spiro atoms. The highest BCUT2D eigenvalue weighted by Gasteiger charge is 2.15. The van der Waals surface area contributed by atoms with Crippen LogP contribution < -0.4 is 0 Å². The SMILES string of the molecule is Cc1ccc(C)c(-c2nc(-c3cccnc3)sc2CCl)c1. The van der Waals surface area contributed by atoms with Crippen LogP contribution in [0.1, 0.15) is 16.0 Å². The molecule has 4 heteroatoms. The summed E-state index contributed by atoms with van der Waals surface area (Å²) in [6.45, 7) is 4.20. The van der Waals surface area contributed by atoms with E-state index in [-0.39, 0.29) is 0 Å². The molecule has 3 aromatic rings. The lowest BCUT2D eigenvalue weighted by molar-refractivity contribution is 1.29. The van der Waals surface area contributed by atoms with E-state index in [1.54, 1.807) is 17.5 Å². The average Bonchev–Trinajstić information content (AvgIpc) is 2.94. The van der Waals surface area contributed by atoms with Crippen LogP contribution >= 0.6 is 22.9 Å². The van der Waals surface area contributed by atoms with Crippen molar-refractivity contribution in [3.8, 4) is 21.8 Å². The Morgan fingerprint density at radius 2 is 2.05 bits per heavy atom. The first kappa shape index (κ1) is 14.2. The van der Waals surface area contributed by atoms with E-state index >= 15 is 0 Å². The summed E-state index contributed by atoms with van der Waals surface area (Å²) < 4.78 is 0. The second kappa shape index (κ2) is 5.96. The maximum Gasteiger partial charge on any atom is 0.125 e. The number of aryl methyl sites for hydroxylation is 2. The Labute approximate surface area is 133 Å². The van der Waals surface area contributed by atoms with E-state index in [0.717, 1.165) is 26.7 Å². The maximum absolute atomic E-state index is 6.13. The quantitative estimate of drug-likeness (QED) is 0.619. The molecule has 0 unspecified atom stereocenters. The summed E-state index contributed by atoms with van der Waals surface area (Å²) >= 11 is 7.77. The van der Waals surface area contributed by atoms with E-state index in [2.05, 4.69) is 37.0 Å². The number of hydrogen-bond donors (Lipinski definition) is 0. The largest absolute Gasteiger partial charge is 0.264 e. The van der Waals surface area contributed by atoms with E-state index in [1.807, 2.05) is 18.3 Å². The number of halogens is 1. The Kier molecular flexibility index (Phi) is 4.04. The zero-order valence-electron chi connectivity index (χ0n) is 11.9. The topological polar surface area (TPSA) is 25.8 Å². The summed E-state index contributed by atoms with van der Waals surface area (Å²) in [7, 11) is 0. The third-order valence-electron chi connectivity index (χ3n) is 3.38. The summed E-state index contributed by atoms with van der Waals surface area (Å²) in [6, 6.07) is 10.4. The first-order chi connectivity index (χ1) is 10.2. The minimum atomic E-state index is 0.473. The fourth-order valence-corrected chi connectivity index (χ4v) is 3.46. The Balaban J connectivity index is 2.15. The third-order valence-corrected chi connectivity index (χ3v) is 4.91. The molecule has 0 aliphatic carbocycles. The van der Waals surface area contributed by atoms with Gasteiger partial charge in [-0.1, -0.05) is 17.7 Å². The Hall–Kier alpha value is -1.71. The smallest absolute Gasteiger partial charge is 0.125 e. The van der Waals surface area contributed by atoms with Crippen LogP contribution in [-0.4, -0.2) is 9.97 Å². The molecule has 0 aliphatic rings. The number of pyridine rings is 1. The van der Waals surface area contributed by atoms with Gasteiger partial charge in [-0.3, -0.25) is 4.98 Å². The average molecular weight is 315 g/mol. The molecule has 2 nitrogen and oxygen atoms in total. The van der Waals surface area contributed by atoms with Crippen molar-refractivity contribution in [2.75, 3.05) is 0 Å². The van der Waals surface area contributed by atoms with Crippen molar-refractivity contribution in [1.29, 1.82) is 0 Å². The summed E-state index contributed by atoms with van der Waals surface area (Å²) in [5.74, 6) is 0.473. The monoisotopic (exact) mass is 314 g/mol. The molecule has 0 fully saturated rings. The van der Waals surface area contributed by atoms with Gasteiger partial charge in [-0.15, -0.1) is 22.9 Å². The van der Waals surface area contributed by atoms with Crippen LogP contribution in [0, 0.1) is 13.8 Å². The van der Waals surface area contributed by atoms with Crippen molar-refractivity contribution in [2.24, 2.45) is 0 Å². The molecule has 0 N–H and O–H groups in total. The molecular weight excluding hydrogens is 300 g/mol. The lowest BCUT2D eigenvalue weighted by Crippen LogP contribution is -1.88. The van der Waals surface area contributed by atoms with Gasteiger partial charge < -0.3 is 0 Å². The molecule has 0 saturated carbocycles. The van der Waals surface area contributed by atoms with Crippen LogP contribution in [0.2, 0.25) is 0 Å². The summed E-state index contributed by atoms with van der Waals surface area (Å²) in [6.07, 6.45) is 3.61. The molecule has 0 amide bonds. The molecule has 3 rings (SSSR count). The molecule has 0 radical (unpaired) electrons. The number of rotatable bonds is 3. The zero-order valence-corrected chi connectivity index (χ0v) is 13.5. The third kappa shape index (κ3) is 2.85. The Morgan fingerprint density at radius 1 is 1.19 bits per heavy atom. The van der Waals surface area contributed by atoms with Gasteiger partial charge in [0.1, 0.15) is 5.01 Å². The van der Waals surface area contributed by atoms with Crippen molar-refractivity contribution in [2.45, 2.75) is 19.7 Å². The van der Waals surface area contributed by atoms with Gasteiger partial charge in [0, 0.05) is 28.4 Å². The molecule has 106 valence electrons. The van der Waals surface area contributed by atoms with Gasteiger partial charge in [0.05, 0.1) is 11.6 Å². The van der Waals surface area contributed by atoms with Gasteiger partial charge in [-0.25, -0.2) is 4.98 Å². The van der Waals surface area contributed by atoms with Crippen molar-refractivity contribution < 1.29 is 0 Å².